The van der Waals surface area contributed by atoms with E-state index < -0.39 is 0 Å². The first-order valence-electron chi connectivity index (χ1n) is 9.69. The smallest absolute Gasteiger partial charge is 0.269 e. The normalized spacial score (nSPS) is 11.0. The first-order valence-corrected chi connectivity index (χ1v) is 11.8. The number of amides is 1. The first-order chi connectivity index (χ1) is 16.1. The molecule has 3 aromatic heterocycles. The van der Waals surface area contributed by atoms with Gasteiger partial charge in [-0.2, -0.15) is 0 Å². The molecule has 1 N–H and O–H groups in total. The lowest BCUT2D eigenvalue weighted by Gasteiger charge is -2.12. The highest BCUT2D eigenvalue weighted by atomic mass is 35.5. The number of hydrogen-bond acceptors (Lipinski definition) is 8. The molecule has 2 aromatic carbocycles. The molecule has 0 aliphatic rings. The summed E-state index contributed by atoms with van der Waals surface area (Å²) < 4.78 is 17.8. The Bertz CT molecular complexity index is 1500. The van der Waals surface area contributed by atoms with Crippen LogP contribution in [0.3, 0.4) is 0 Å². The third kappa shape index (κ3) is 4.18. The number of rotatable bonds is 6. The zero-order chi connectivity index (χ0) is 22.9. The van der Waals surface area contributed by atoms with Crippen LogP contribution in [0.25, 0.3) is 21.1 Å². The maximum atomic E-state index is 12.4. The highest BCUT2D eigenvalue weighted by molar-refractivity contribution is 7.22. The second kappa shape index (κ2) is 8.86. The third-order valence-electron chi connectivity index (χ3n) is 4.84. The Labute approximate surface area is 201 Å². The number of anilines is 1. The number of pyridine rings is 1. The summed E-state index contributed by atoms with van der Waals surface area (Å²) in [7, 11) is 3.17. The Balaban J connectivity index is 1.43. The molecule has 0 radical (unpaired) electrons. The molecule has 0 saturated heterocycles. The summed E-state index contributed by atoms with van der Waals surface area (Å²) >= 11 is 8.69. The van der Waals surface area contributed by atoms with Crippen LogP contribution in [-0.4, -0.2) is 30.1 Å². The van der Waals surface area contributed by atoms with Crippen LogP contribution in [0.15, 0.2) is 54.0 Å². The van der Waals surface area contributed by atoms with Crippen molar-refractivity contribution in [3.63, 3.8) is 0 Å². The standard InChI is InChI=1S/C23H16ClN3O4S2/c1-29-18-10-13-16(11-19(18)30-2)25-7-5-17(13)31-12-3-4-15-20(9-12)33-23(26-15)27-22(28)21-14(24)6-8-32-21/h3-11H,1-2H3,(H,26,27,28). The molecule has 0 aliphatic carbocycles. The number of fused-ring (bicyclic) bond motifs is 2. The maximum absolute atomic E-state index is 12.4. The number of hydrogen-bond donors (Lipinski definition) is 1. The van der Waals surface area contributed by atoms with Crippen molar-refractivity contribution < 1.29 is 19.0 Å². The van der Waals surface area contributed by atoms with E-state index in [1.165, 1.54) is 22.7 Å². The second-order valence-electron chi connectivity index (χ2n) is 6.84. The van der Waals surface area contributed by atoms with Crippen molar-refractivity contribution in [1.82, 2.24) is 9.97 Å². The van der Waals surface area contributed by atoms with Gasteiger partial charge >= 0.3 is 0 Å². The number of carbonyl (C=O) groups excluding carboxylic acids is 1. The molecule has 0 atom stereocenters. The molecule has 10 heteroatoms. The number of nitrogens with one attached hydrogen (secondary N) is 1. The van der Waals surface area contributed by atoms with Gasteiger partial charge in [0.05, 0.1) is 35.0 Å². The predicted octanol–water partition coefficient (Wildman–Crippen LogP) is 6.62. The van der Waals surface area contributed by atoms with Gasteiger partial charge in [0.2, 0.25) is 0 Å². The zero-order valence-electron chi connectivity index (χ0n) is 17.4. The Morgan fingerprint density at radius 1 is 1.00 bits per heavy atom. The summed E-state index contributed by atoms with van der Waals surface area (Å²) in [5, 5.41) is 6.29. The Morgan fingerprint density at radius 2 is 1.82 bits per heavy atom. The molecule has 5 rings (SSSR count). The number of methoxy groups -OCH3 is 2. The zero-order valence-corrected chi connectivity index (χ0v) is 19.8. The van der Waals surface area contributed by atoms with Crippen LogP contribution < -0.4 is 19.5 Å². The van der Waals surface area contributed by atoms with Crippen molar-refractivity contribution in [1.29, 1.82) is 0 Å². The van der Waals surface area contributed by atoms with E-state index in [2.05, 4.69) is 15.3 Å². The highest BCUT2D eigenvalue weighted by Gasteiger charge is 2.15. The molecule has 0 spiro atoms. The third-order valence-corrected chi connectivity index (χ3v) is 7.11. The number of nitrogens with zero attached hydrogens (tertiary/aromatic N) is 2. The lowest BCUT2D eigenvalue weighted by atomic mass is 10.2. The lowest BCUT2D eigenvalue weighted by molar-refractivity contribution is 0.103. The Hall–Kier alpha value is -3.40. The molecule has 5 aromatic rings. The molecule has 0 unspecified atom stereocenters. The molecule has 0 fully saturated rings. The second-order valence-corrected chi connectivity index (χ2v) is 9.19. The van der Waals surface area contributed by atoms with E-state index in [0.717, 1.165) is 21.1 Å². The molecule has 33 heavy (non-hydrogen) atoms. The van der Waals surface area contributed by atoms with Crippen LogP contribution >= 0.6 is 34.3 Å². The monoisotopic (exact) mass is 497 g/mol. The summed E-state index contributed by atoms with van der Waals surface area (Å²) in [6, 6.07) is 12.7. The number of aromatic nitrogens is 2. The van der Waals surface area contributed by atoms with Crippen LogP contribution in [0.2, 0.25) is 5.02 Å². The van der Waals surface area contributed by atoms with E-state index in [1.54, 1.807) is 37.9 Å². The van der Waals surface area contributed by atoms with E-state index in [9.17, 15) is 4.79 Å². The van der Waals surface area contributed by atoms with Gasteiger partial charge in [0, 0.05) is 23.7 Å². The van der Waals surface area contributed by atoms with Crippen LogP contribution in [0, 0.1) is 0 Å². The molecule has 1 amide bonds. The van der Waals surface area contributed by atoms with Gasteiger partial charge in [0.1, 0.15) is 16.4 Å². The SMILES string of the molecule is COc1cc2nccc(Oc3ccc4nc(NC(=O)c5sccc5Cl)sc4c3)c2cc1OC. The fraction of sp³-hybridized carbons (Fsp3) is 0.0870. The fourth-order valence-electron chi connectivity index (χ4n) is 3.29. The van der Waals surface area contributed by atoms with Gasteiger partial charge in [-0.1, -0.05) is 22.9 Å². The number of halogens is 1. The fourth-order valence-corrected chi connectivity index (χ4v) is 5.22. The minimum Gasteiger partial charge on any atom is -0.493 e. The first kappa shape index (κ1) is 21.4. The van der Waals surface area contributed by atoms with Crippen molar-refractivity contribution in [3.05, 3.63) is 63.9 Å². The molecule has 166 valence electrons. The van der Waals surface area contributed by atoms with Crippen molar-refractivity contribution in [2.24, 2.45) is 0 Å². The van der Waals surface area contributed by atoms with Gasteiger partial charge in [0.25, 0.3) is 5.91 Å². The van der Waals surface area contributed by atoms with E-state index in [4.69, 9.17) is 25.8 Å². The molecular weight excluding hydrogens is 482 g/mol. The minimum absolute atomic E-state index is 0.279. The van der Waals surface area contributed by atoms with Crippen molar-refractivity contribution in [2.45, 2.75) is 0 Å². The number of benzene rings is 2. The molecule has 0 saturated carbocycles. The number of thiazole rings is 1. The summed E-state index contributed by atoms with van der Waals surface area (Å²) in [6.07, 6.45) is 1.68. The quantitative estimate of drug-likeness (QED) is 0.284. The highest BCUT2D eigenvalue weighted by Crippen LogP contribution is 2.38. The number of ether oxygens (including phenoxy) is 3. The summed E-state index contributed by atoms with van der Waals surface area (Å²) in [5.74, 6) is 2.17. The van der Waals surface area contributed by atoms with Crippen LogP contribution in [0.5, 0.6) is 23.0 Å². The van der Waals surface area contributed by atoms with E-state index in [0.29, 0.717) is 38.0 Å². The Kier molecular flexibility index (Phi) is 5.76. The van der Waals surface area contributed by atoms with Crippen molar-refractivity contribution >= 4 is 66.4 Å². The minimum atomic E-state index is -0.279. The average molecular weight is 498 g/mol. The largest absolute Gasteiger partial charge is 0.493 e. The van der Waals surface area contributed by atoms with Gasteiger partial charge in [-0.15, -0.1) is 11.3 Å². The van der Waals surface area contributed by atoms with Gasteiger partial charge in [-0.3, -0.25) is 15.1 Å². The van der Waals surface area contributed by atoms with Gasteiger partial charge in [0.15, 0.2) is 16.6 Å². The van der Waals surface area contributed by atoms with E-state index >= 15 is 0 Å². The molecule has 7 nitrogen and oxygen atoms in total. The topological polar surface area (TPSA) is 82.6 Å². The van der Waals surface area contributed by atoms with Gasteiger partial charge in [-0.05, 0) is 35.7 Å². The Morgan fingerprint density at radius 3 is 2.58 bits per heavy atom. The predicted molar refractivity (Wildman–Crippen MR) is 132 cm³/mol. The summed E-state index contributed by atoms with van der Waals surface area (Å²) in [5.41, 5.74) is 1.48. The molecule has 0 bridgehead atoms. The van der Waals surface area contributed by atoms with Crippen LogP contribution in [0.1, 0.15) is 9.67 Å². The molecule has 3 heterocycles. The van der Waals surface area contributed by atoms with Crippen molar-refractivity contribution in [3.8, 4) is 23.0 Å². The lowest BCUT2D eigenvalue weighted by Crippen LogP contribution is -2.10. The van der Waals surface area contributed by atoms with E-state index in [1.807, 2.05) is 30.3 Å². The average Bonchev–Trinajstić information content (AvgIpc) is 3.43. The number of carbonyl (C=O) groups is 1. The summed E-state index contributed by atoms with van der Waals surface area (Å²) in [6.45, 7) is 0. The van der Waals surface area contributed by atoms with Gasteiger partial charge in [-0.25, -0.2) is 4.98 Å². The van der Waals surface area contributed by atoms with E-state index in [-0.39, 0.29) is 5.91 Å². The van der Waals surface area contributed by atoms with Crippen molar-refractivity contribution in [2.75, 3.05) is 19.5 Å². The van der Waals surface area contributed by atoms with Crippen LogP contribution in [0.4, 0.5) is 5.13 Å². The maximum Gasteiger partial charge on any atom is 0.269 e. The van der Waals surface area contributed by atoms with Crippen LogP contribution in [-0.2, 0) is 0 Å². The summed E-state index contributed by atoms with van der Waals surface area (Å²) in [4.78, 5) is 21.8. The number of thiophene rings is 1. The molecular formula is C23H16ClN3O4S2. The molecule has 0 aliphatic heterocycles. The van der Waals surface area contributed by atoms with Gasteiger partial charge < -0.3 is 14.2 Å².